The van der Waals surface area contributed by atoms with Gasteiger partial charge >= 0.3 is 5.97 Å². The van der Waals surface area contributed by atoms with Crippen molar-refractivity contribution in [3.8, 4) is 0 Å². The Morgan fingerprint density at radius 2 is 1.88 bits per heavy atom. The first-order chi connectivity index (χ1) is 11.7. The van der Waals surface area contributed by atoms with Crippen LogP contribution in [0.3, 0.4) is 0 Å². The predicted molar refractivity (Wildman–Crippen MR) is 101 cm³/mol. The SMILES string of the molecule is CCC/C=C\CSCC1C2CCC(O2)C1C/C=C\CCCC(=O)O. The van der Waals surface area contributed by atoms with Gasteiger partial charge in [0.1, 0.15) is 0 Å². The molecule has 4 unspecified atom stereocenters. The topological polar surface area (TPSA) is 46.5 Å². The molecule has 0 amide bonds. The Hall–Kier alpha value is -0.740. The fraction of sp³-hybridized carbons (Fsp3) is 0.750. The summed E-state index contributed by atoms with van der Waals surface area (Å²) >= 11 is 2.04. The van der Waals surface area contributed by atoms with E-state index < -0.39 is 5.97 Å². The maximum atomic E-state index is 10.5. The minimum atomic E-state index is -0.699. The van der Waals surface area contributed by atoms with Crippen molar-refractivity contribution in [1.82, 2.24) is 0 Å². The lowest BCUT2D eigenvalue weighted by Crippen LogP contribution is -2.28. The molecule has 2 aliphatic heterocycles. The summed E-state index contributed by atoms with van der Waals surface area (Å²) in [6, 6.07) is 0. The molecule has 2 rings (SSSR count). The van der Waals surface area contributed by atoms with Gasteiger partial charge in [-0.05, 0) is 56.1 Å². The summed E-state index contributed by atoms with van der Waals surface area (Å²) in [7, 11) is 0. The minimum absolute atomic E-state index is 0.270. The van der Waals surface area contributed by atoms with Gasteiger partial charge in [0.25, 0.3) is 0 Å². The molecule has 0 saturated carbocycles. The number of ether oxygens (including phenoxy) is 1. The number of unbranched alkanes of at least 4 members (excludes halogenated alkanes) is 2. The highest BCUT2D eigenvalue weighted by Gasteiger charge is 2.47. The molecule has 2 saturated heterocycles. The van der Waals surface area contributed by atoms with Crippen LogP contribution in [-0.2, 0) is 9.53 Å². The Morgan fingerprint density at radius 3 is 2.62 bits per heavy atom. The zero-order valence-electron chi connectivity index (χ0n) is 14.9. The molecular weight excluding hydrogens is 320 g/mol. The van der Waals surface area contributed by atoms with E-state index in [1.165, 1.54) is 31.4 Å². The van der Waals surface area contributed by atoms with Crippen LogP contribution < -0.4 is 0 Å². The second-order valence-electron chi connectivity index (χ2n) is 6.91. The van der Waals surface area contributed by atoms with Crippen LogP contribution in [0, 0.1) is 11.8 Å². The second-order valence-corrected chi connectivity index (χ2v) is 7.98. The second kappa shape index (κ2) is 11.0. The monoisotopic (exact) mass is 352 g/mol. The van der Waals surface area contributed by atoms with Crippen molar-refractivity contribution in [2.45, 2.75) is 70.5 Å². The van der Waals surface area contributed by atoms with Gasteiger partial charge in [-0.2, -0.15) is 11.8 Å². The van der Waals surface area contributed by atoms with Gasteiger partial charge in [0.05, 0.1) is 12.2 Å². The lowest BCUT2D eigenvalue weighted by atomic mass is 9.78. The molecule has 0 aliphatic carbocycles. The third-order valence-electron chi connectivity index (χ3n) is 5.07. The smallest absolute Gasteiger partial charge is 0.303 e. The Morgan fingerprint density at radius 1 is 1.12 bits per heavy atom. The fourth-order valence-corrected chi connectivity index (χ4v) is 4.94. The van der Waals surface area contributed by atoms with Gasteiger partial charge in [-0.3, -0.25) is 4.79 Å². The first-order valence-corrected chi connectivity index (χ1v) is 10.6. The third-order valence-corrected chi connectivity index (χ3v) is 6.12. The van der Waals surface area contributed by atoms with Crippen LogP contribution >= 0.6 is 11.8 Å². The summed E-state index contributed by atoms with van der Waals surface area (Å²) in [6.07, 6.45) is 17.8. The summed E-state index contributed by atoms with van der Waals surface area (Å²) in [4.78, 5) is 10.5. The molecule has 0 aromatic carbocycles. The van der Waals surface area contributed by atoms with E-state index >= 15 is 0 Å². The van der Waals surface area contributed by atoms with Crippen molar-refractivity contribution in [2.75, 3.05) is 11.5 Å². The van der Waals surface area contributed by atoms with E-state index in [4.69, 9.17) is 9.84 Å². The number of carboxylic acids is 1. The Labute approximate surface area is 150 Å². The van der Waals surface area contributed by atoms with Gasteiger partial charge in [-0.1, -0.05) is 37.6 Å². The molecule has 0 aromatic heterocycles. The van der Waals surface area contributed by atoms with Gasteiger partial charge in [0.2, 0.25) is 0 Å². The van der Waals surface area contributed by atoms with Crippen LogP contribution in [-0.4, -0.2) is 34.8 Å². The molecule has 0 aromatic rings. The predicted octanol–water partition coefficient (Wildman–Crippen LogP) is 5.07. The van der Waals surface area contributed by atoms with E-state index in [2.05, 4.69) is 31.2 Å². The molecule has 4 atom stereocenters. The summed E-state index contributed by atoms with van der Waals surface area (Å²) in [5.41, 5.74) is 0. The Balaban J connectivity index is 1.69. The number of fused-ring (bicyclic) bond motifs is 2. The highest BCUT2D eigenvalue weighted by atomic mass is 32.2. The minimum Gasteiger partial charge on any atom is -0.481 e. The van der Waals surface area contributed by atoms with Crippen molar-refractivity contribution in [3.05, 3.63) is 24.3 Å². The zero-order chi connectivity index (χ0) is 17.2. The number of thioether (sulfide) groups is 1. The van der Waals surface area contributed by atoms with E-state index in [9.17, 15) is 4.79 Å². The van der Waals surface area contributed by atoms with Crippen LogP contribution in [0.15, 0.2) is 24.3 Å². The molecule has 2 aliphatic rings. The molecule has 2 heterocycles. The molecule has 2 fully saturated rings. The van der Waals surface area contributed by atoms with Gasteiger partial charge in [-0.25, -0.2) is 0 Å². The van der Waals surface area contributed by atoms with Crippen molar-refractivity contribution < 1.29 is 14.6 Å². The standard InChI is InChI=1S/C20H32O3S/c1-2-3-4-9-14-24-15-17-16(18-12-13-19(17)23-18)10-7-5-6-8-11-20(21)22/h4-5,7,9,16-19H,2-3,6,8,10-15H2,1H3,(H,21,22)/b7-5-,9-4-. The number of carbonyl (C=O) groups is 1. The van der Waals surface area contributed by atoms with Crippen molar-refractivity contribution >= 4 is 17.7 Å². The molecule has 1 N–H and O–H groups in total. The molecule has 2 bridgehead atoms. The maximum absolute atomic E-state index is 10.5. The van der Waals surface area contributed by atoms with Crippen LogP contribution in [0.2, 0.25) is 0 Å². The van der Waals surface area contributed by atoms with Gasteiger partial charge in [0.15, 0.2) is 0 Å². The highest BCUT2D eigenvalue weighted by Crippen LogP contribution is 2.46. The van der Waals surface area contributed by atoms with E-state index in [1.54, 1.807) is 0 Å². The molecule has 4 heteroatoms. The van der Waals surface area contributed by atoms with Crippen LogP contribution in [0.5, 0.6) is 0 Å². The van der Waals surface area contributed by atoms with Crippen molar-refractivity contribution in [3.63, 3.8) is 0 Å². The van der Waals surface area contributed by atoms with Crippen LogP contribution in [0.4, 0.5) is 0 Å². The largest absolute Gasteiger partial charge is 0.481 e. The lowest BCUT2D eigenvalue weighted by Gasteiger charge is -2.26. The molecular formula is C20H32O3S. The number of allylic oxidation sites excluding steroid dienone is 3. The van der Waals surface area contributed by atoms with Crippen molar-refractivity contribution in [2.24, 2.45) is 11.8 Å². The summed E-state index contributed by atoms with van der Waals surface area (Å²) in [6.45, 7) is 2.21. The molecule has 24 heavy (non-hydrogen) atoms. The first kappa shape index (κ1) is 19.6. The van der Waals surface area contributed by atoms with Crippen LogP contribution in [0.25, 0.3) is 0 Å². The quantitative estimate of drug-likeness (QED) is 0.393. The average Bonchev–Trinajstić information content (AvgIpc) is 3.15. The van der Waals surface area contributed by atoms with E-state index in [0.29, 0.717) is 24.0 Å². The van der Waals surface area contributed by atoms with Gasteiger partial charge in [0, 0.05) is 12.2 Å². The lowest BCUT2D eigenvalue weighted by molar-refractivity contribution is -0.137. The molecule has 0 radical (unpaired) electrons. The Bertz CT molecular complexity index is 433. The average molecular weight is 353 g/mol. The molecule has 0 spiro atoms. The number of carboxylic acid groups (broad SMARTS) is 1. The number of rotatable bonds is 12. The number of hydrogen-bond acceptors (Lipinski definition) is 3. The van der Waals surface area contributed by atoms with Crippen LogP contribution in [0.1, 0.15) is 58.3 Å². The fourth-order valence-electron chi connectivity index (χ4n) is 3.80. The Kier molecular flexibility index (Phi) is 8.97. The maximum Gasteiger partial charge on any atom is 0.303 e. The summed E-state index contributed by atoms with van der Waals surface area (Å²) in [5.74, 6) is 2.97. The van der Waals surface area contributed by atoms with Crippen molar-refractivity contribution in [1.29, 1.82) is 0 Å². The van der Waals surface area contributed by atoms with E-state index in [0.717, 1.165) is 25.0 Å². The van der Waals surface area contributed by atoms with Gasteiger partial charge < -0.3 is 9.84 Å². The number of hydrogen-bond donors (Lipinski definition) is 1. The first-order valence-electron chi connectivity index (χ1n) is 9.47. The molecule has 136 valence electrons. The van der Waals surface area contributed by atoms with E-state index in [-0.39, 0.29) is 6.42 Å². The normalized spacial score (nSPS) is 29.2. The highest BCUT2D eigenvalue weighted by molar-refractivity contribution is 7.99. The summed E-state index contributed by atoms with van der Waals surface area (Å²) in [5, 5.41) is 8.65. The third kappa shape index (κ3) is 6.29. The van der Waals surface area contributed by atoms with Gasteiger partial charge in [-0.15, -0.1) is 0 Å². The number of aliphatic carboxylic acids is 1. The summed E-state index contributed by atoms with van der Waals surface area (Å²) < 4.78 is 6.16. The van der Waals surface area contributed by atoms with E-state index in [1.807, 2.05) is 11.8 Å². The molecule has 3 nitrogen and oxygen atoms in total. The zero-order valence-corrected chi connectivity index (χ0v) is 15.7.